The van der Waals surface area contributed by atoms with Crippen LogP contribution in [0.4, 0.5) is 0 Å². The summed E-state index contributed by atoms with van der Waals surface area (Å²) in [6.07, 6.45) is 3.34. The van der Waals surface area contributed by atoms with Gasteiger partial charge in [0.05, 0.1) is 38.2 Å². The maximum atomic E-state index is 12.2. The third kappa shape index (κ3) is 8.04. The molecule has 0 unspecified atom stereocenters. The van der Waals surface area contributed by atoms with Crippen molar-refractivity contribution < 1.29 is 19.1 Å². The molecule has 6 rings (SSSR count). The van der Waals surface area contributed by atoms with Crippen molar-refractivity contribution in [2.24, 2.45) is 0 Å². The first kappa shape index (κ1) is 31.7. The van der Waals surface area contributed by atoms with Gasteiger partial charge in [0, 0.05) is 17.3 Å². The molecule has 0 aliphatic rings. The fraction of sp³-hybridized carbons (Fsp3) is 0.158. The number of benzene rings is 4. The van der Waals surface area contributed by atoms with Crippen molar-refractivity contribution in [1.82, 2.24) is 19.6 Å². The minimum absolute atomic E-state index is 0.342. The Morgan fingerprint density at radius 1 is 0.609 bits per heavy atom. The highest BCUT2D eigenvalue weighted by molar-refractivity contribution is 5.96. The maximum absolute atomic E-state index is 12.2. The summed E-state index contributed by atoms with van der Waals surface area (Å²) < 4.78 is 13.9. The highest BCUT2D eigenvalue weighted by atomic mass is 16.5. The van der Waals surface area contributed by atoms with E-state index >= 15 is 0 Å². The highest BCUT2D eigenvalue weighted by Crippen LogP contribution is 2.26. The zero-order chi connectivity index (χ0) is 32.1. The standard InChI is InChI=1S/2C19H18N2O2/c1-2-23-19(22)17-13-20-21(14-15-9-5-3-6-10-15)18(17)16-11-7-4-8-12-16;1-2-23-19(22)17-14-21(13-15-9-5-3-6-10-15)20-18(17)16-11-7-4-8-12-16/h3-13H,2,14H2,1H3;3-12,14H,2,13H2,1H3. The smallest absolute Gasteiger partial charge is 0.341 e. The molecule has 0 saturated carbocycles. The van der Waals surface area contributed by atoms with Crippen LogP contribution in [0.15, 0.2) is 134 Å². The second kappa shape index (κ2) is 15.8. The van der Waals surface area contributed by atoms with Crippen molar-refractivity contribution in [1.29, 1.82) is 0 Å². The summed E-state index contributed by atoms with van der Waals surface area (Å²) >= 11 is 0. The van der Waals surface area contributed by atoms with Gasteiger partial charge in [-0.1, -0.05) is 121 Å². The van der Waals surface area contributed by atoms with Gasteiger partial charge in [-0.3, -0.25) is 9.36 Å². The number of esters is 2. The Labute approximate surface area is 268 Å². The van der Waals surface area contributed by atoms with E-state index in [0.29, 0.717) is 43.1 Å². The van der Waals surface area contributed by atoms with Crippen molar-refractivity contribution in [3.05, 3.63) is 156 Å². The fourth-order valence-corrected chi connectivity index (χ4v) is 4.96. The molecular formula is C38H36N4O4. The van der Waals surface area contributed by atoms with Crippen LogP contribution in [-0.4, -0.2) is 44.7 Å². The summed E-state index contributed by atoms with van der Waals surface area (Å²) in [4.78, 5) is 24.5. The average molecular weight is 613 g/mol. The van der Waals surface area contributed by atoms with Crippen LogP contribution in [0.3, 0.4) is 0 Å². The molecule has 46 heavy (non-hydrogen) atoms. The lowest BCUT2D eigenvalue weighted by molar-refractivity contribution is 0.0517. The van der Waals surface area contributed by atoms with Crippen molar-refractivity contribution in [3.8, 4) is 22.5 Å². The number of hydrogen-bond acceptors (Lipinski definition) is 6. The van der Waals surface area contributed by atoms with Crippen LogP contribution in [-0.2, 0) is 22.6 Å². The number of hydrogen-bond donors (Lipinski definition) is 0. The van der Waals surface area contributed by atoms with Crippen LogP contribution in [0.1, 0.15) is 45.7 Å². The minimum Gasteiger partial charge on any atom is -0.462 e. The Bertz CT molecular complexity index is 1820. The summed E-state index contributed by atoms with van der Waals surface area (Å²) in [6.45, 7) is 5.50. The van der Waals surface area contributed by atoms with Crippen LogP contribution in [0.2, 0.25) is 0 Å². The summed E-state index contributed by atoms with van der Waals surface area (Å²) in [5, 5.41) is 9.00. The number of aromatic nitrogens is 4. The molecule has 2 heterocycles. The van der Waals surface area contributed by atoms with E-state index in [0.717, 1.165) is 27.9 Å². The van der Waals surface area contributed by atoms with Gasteiger partial charge in [-0.2, -0.15) is 10.2 Å². The summed E-state index contributed by atoms with van der Waals surface area (Å²) in [7, 11) is 0. The molecule has 0 aliphatic carbocycles. The van der Waals surface area contributed by atoms with Gasteiger partial charge in [0.2, 0.25) is 0 Å². The van der Waals surface area contributed by atoms with Gasteiger partial charge in [-0.15, -0.1) is 0 Å². The SMILES string of the molecule is CCOC(=O)c1cn(Cc2ccccc2)nc1-c1ccccc1.CCOC(=O)c1cnn(Cc2ccccc2)c1-c1ccccc1. The molecule has 0 atom stereocenters. The lowest BCUT2D eigenvalue weighted by Gasteiger charge is -2.10. The highest BCUT2D eigenvalue weighted by Gasteiger charge is 2.21. The molecule has 0 amide bonds. The van der Waals surface area contributed by atoms with Crippen LogP contribution in [0.25, 0.3) is 22.5 Å². The van der Waals surface area contributed by atoms with Crippen molar-refractivity contribution in [3.63, 3.8) is 0 Å². The van der Waals surface area contributed by atoms with E-state index in [9.17, 15) is 9.59 Å². The van der Waals surface area contributed by atoms with Gasteiger partial charge >= 0.3 is 11.9 Å². The first-order valence-corrected chi connectivity index (χ1v) is 15.2. The third-order valence-electron chi connectivity index (χ3n) is 7.05. The molecule has 0 spiro atoms. The first-order chi connectivity index (χ1) is 22.6. The normalized spacial score (nSPS) is 10.5. The zero-order valence-corrected chi connectivity index (χ0v) is 26.0. The lowest BCUT2D eigenvalue weighted by atomic mass is 10.1. The van der Waals surface area contributed by atoms with E-state index in [1.165, 1.54) is 0 Å². The monoisotopic (exact) mass is 612 g/mol. The van der Waals surface area contributed by atoms with Gasteiger partial charge in [0.1, 0.15) is 16.8 Å². The Hall–Kier alpha value is -5.76. The van der Waals surface area contributed by atoms with Crippen molar-refractivity contribution >= 4 is 11.9 Å². The fourth-order valence-electron chi connectivity index (χ4n) is 4.96. The van der Waals surface area contributed by atoms with Crippen molar-refractivity contribution in [2.45, 2.75) is 26.9 Å². The van der Waals surface area contributed by atoms with Crippen LogP contribution < -0.4 is 0 Å². The number of carbonyl (C=O) groups excluding carboxylic acids is 2. The van der Waals surface area contributed by atoms with Gasteiger partial charge in [0.15, 0.2) is 0 Å². The van der Waals surface area contributed by atoms with E-state index in [-0.39, 0.29) is 11.9 Å². The molecule has 8 heteroatoms. The van der Waals surface area contributed by atoms with E-state index < -0.39 is 0 Å². The van der Waals surface area contributed by atoms with E-state index in [1.54, 1.807) is 30.9 Å². The molecule has 2 aromatic heterocycles. The zero-order valence-electron chi connectivity index (χ0n) is 26.0. The summed E-state index contributed by atoms with van der Waals surface area (Å²) in [5.41, 5.74) is 6.54. The molecule has 0 radical (unpaired) electrons. The topological polar surface area (TPSA) is 88.2 Å². The minimum atomic E-state index is -0.342. The van der Waals surface area contributed by atoms with Gasteiger partial charge in [-0.25, -0.2) is 9.59 Å². The number of rotatable bonds is 10. The predicted octanol–water partition coefficient (Wildman–Crippen LogP) is 7.55. The molecule has 0 bridgehead atoms. The van der Waals surface area contributed by atoms with Gasteiger partial charge in [0.25, 0.3) is 0 Å². The Balaban J connectivity index is 0.000000181. The molecule has 0 saturated heterocycles. The van der Waals surface area contributed by atoms with E-state index in [2.05, 4.69) is 10.2 Å². The van der Waals surface area contributed by atoms with Crippen LogP contribution >= 0.6 is 0 Å². The average Bonchev–Trinajstić information content (AvgIpc) is 3.72. The number of carbonyl (C=O) groups is 2. The summed E-state index contributed by atoms with van der Waals surface area (Å²) in [5.74, 6) is -0.684. The first-order valence-electron chi connectivity index (χ1n) is 15.2. The second-order valence-corrected chi connectivity index (χ2v) is 10.3. The number of nitrogens with zero attached hydrogens (tertiary/aromatic N) is 4. The van der Waals surface area contributed by atoms with E-state index in [1.807, 2.05) is 126 Å². The lowest BCUT2D eigenvalue weighted by Crippen LogP contribution is -2.08. The van der Waals surface area contributed by atoms with Gasteiger partial charge in [-0.05, 0) is 25.0 Å². The Morgan fingerprint density at radius 2 is 1.09 bits per heavy atom. The molecule has 0 N–H and O–H groups in total. The molecule has 6 aromatic rings. The predicted molar refractivity (Wildman–Crippen MR) is 178 cm³/mol. The third-order valence-corrected chi connectivity index (χ3v) is 7.05. The quantitative estimate of drug-likeness (QED) is 0.149. The Kier molecular flexibility index (Phi) is 10.9. The van der Waals surface area contributed by atoms with Gasteiger partial charge < -0.3 is 9.47 Å². The molecule has 4 aromatic carbocycles. The molecule has 0 fully saturated rings. The number of ether oxygens (including phenoxy) is 2. The molecule has 0 aliphatic heterocycles. The molecule has 232 valence electrons. The van der Waals surface area contributed by atoms with E-state index in [4.69, 9.17) is 9.47 Å². The summed E-state index contributed by atoms with van der Waals surface area (Å²) in [6, 6.07) is 39.6. The largest absolute Gasteiger partial charge is 0.462 e. The van der Waals surface area contributed by atoms with Crippen LogP contribution in [0.5, 0.6) is 0 Å². The molecule has 8 nitrogen and oxygen atoms in total. The van der Waals surface area contributed by atoms with Crippen LogP contribution in [0, 0.1) is 0 Å². The van der Waals surface area contributed by atoms with Crippen molar-refractivity contribution in [2.75, 3.05) is 13.2 Å². The Morgan fingerprint density at radius 3 is 1.63 bits per heavy atom. The maximum Gasteiger partial charge on any atom is 0.341 e. The second-order valence-electron chi connectivity index (χ2n) is 10.3. The molecular weight excluding hydrogens is 576 g/mol.